The van der Waals surface area contributed by atoms with Gasteiger partial charge in [-0.05, 0) is 46.0 Å². The van der Waals surface area contributed by atoms with Crippen molar-refractivity contribution in [2.75, 3.05) is 11.4 Å². The first-order chi connectivity index (χ1) is 9.26. The van der Waals surface area contributed by atoms with Crippen LogP contribution in [0.4, 0.5) is 6.01 Å². The Bertz CT molecular complexity index is 437. The Balaban J connectivity index is 2.04. The normalized spacial score (nSPS) is 27.9. The lowest BCUT2D eigenvalue weighted by Crippen LogP contribution is -2.46. The van der Waals surface area contributed by atoms with E-state index >= 15 is 0 Å². The van der Waals surface area contributed by atoms with E-state index in [0.717, 1.165) is 6.54 Å². The molecule has 2 heterocycles. The number of aromatic nitrogens is 2. The summed E-state index contributed by atoms with van der Waals surface area (Å²) >= 11 is 0. The molecule has 1 aromatic heterocycles. The zero-order valence-electron chi connectivity index (χ0n) is 13.6. The highest BCUT2D eigenvalue weighted by atomic mass is 16.4. The molecule has 1 aliphatic rings. The molecule has 0 radical (unpaired) electrons. The molecule has 0 aliphatic carbocycles. The van der Waals surface area contributed by atoms with Gasteiger partial charge in [-0.3, -0.25) is 0 Å². The molecular formula is C15H28N4O. The lowest BCUT2D eigenvalue weighted by Gasteiger charge is -2.39. The van der Waals surface area contributed by atoms with E-state index in [1.807, 2.05) is 0 Å². The molecule has 3 atom stereocenters. The summed E-state index contributed by atoms with van der Waals surface area (Å²) in [5.74, 6) is 1.99. The Morgan fingerprint density at radius 3 is 2.60 bits per heavy atom. The van der Waals surface area contributed by atoms with Gasteiger partial charge >= 0.3 is 6.01 Å². The van der Waals surface area contributed by atoms with E-state index in [1.165, 1.54) is 6.42 Å². The summed E-state index contributed by atoms with van der Waals surface area (Å²) in [5, 5.41) is 11.8. The third kappa shape index (κ3) is 3.72. The quantitative estimate of drug-likeness (QED) is 0.922. The average molecular weight is 280 g/mol. The molecule has 0 aromatic carbocycles. The molecule has 5 heteroatoms. The molecule has 20 heavy (non-hydrogen) atoms. The fraction of sp³-hybridized carbons (Fsp3) is 0.867. The molecule has 1 aliphatic heterocycles. The molecule has 1 saturated heterocycles. The van der Waals surface area contributed by atoms with Gasteiger partial charge in [-0.2, -0.15) is 0 Å². The van der Waals surface area contributed by atoms with Crippen LogP contribution in [0.5, 0.6) is 0 Å². The van der Waals surface area contributed by atoms with Crippen LogP contribution in [0.2, 0.25) is 0 Å². The molecule has 1 aromatic rings. The summed E-state index contributed by atoms with van der Waals surface area (Å²) in [6, 6.07) is 1.12. The predicted molar refractivity (Wildman–Crippen MR) is 80.6 cm³/mol. The highest BCUT2D eigenvalue weighted by Crippen LogP contribution is 2.30. The van der Waals surface area contributed by atoms with Crippen LogP contribution in [0.1, 0.15) is 53.9 Å². The van der Waals surface area contributed by atoms with Crippen molar-refractivity contribution in [3.63, 3.8) is 0 Å². The molecule has 1 N–H and O–H groups in total. The summed E-state index contributed by atoms with van der Waals surface area (Å²) in [6.45, 7) is 14.8. The van der Waals surface area contributed by atoms with Crippen molar-refractivity contribution in [2.45, 2.75) is 66.1 Å². The molecule has 0 bridgehead atoms. The second-order valence-corrected chi connectivity index (χ2v) is 7.29. The van der Waals surface area contributed by atoms with Gasteiger partial charge in [0.05, 0.1) is 6.54 Å². The van der Waals surface area contributed by atoms with Gasteiger partial charge in [-0.25, -0.2) is 0 Å². The van der Waals surface area contributed by atoms with Crippen LogP contribution in [-0.2, 0) is 6.54 Å². The first kappa shape index (κ1) is 15.3. The Labute approximate surface area is 122 Å². The van der Waals surface area contributed by atoms with E-state index in [-0.39, 0.29) is 5.54 Å². The van der Waals surface area contributed by atoms with Crippen molar-refractivity contribution in [1.29, 1.82) is 0 Å². The van der Waals surface area contributed by atoms with Crippen molar-refractivity contribution in [3.8, 4) is 0 Å². The van der Waals surface area contributed by atoms with Crippen LogP contribution in [0.25, 0.3) is 0 Å². The van der Waals surface area contributed by atoms with Crippen LogP contribution >= 0.6 is 0 Å². The number of nitrogens with one attached hydrogen (secondary N) is 1. The average Bonchev–Trinajstić information content (AvgIpc) is 2.79. The number of hydrogen-bond donors (Lipinski definition) is 1. The highest BCUT2D eigenvalue weighted by Gasteiger charge is 2.31. The minimum atomic E-state index is 0.0517. The van der Waals surface area contributed by atoms with Crippen LogP contribution in [0.3, 0.4) is 0 Å². The molecule has 114 valence electrons. The lowest BCUT2D eigenvalue weighted by atomic mass is 9.86. The van der Waals surface area contributed by atoms with Gasteiger partial charge in [0.1, 0.15) is 0 Å². The maximum atomic E-state index is 5.83. The zero-order valence-corrected chi connectivity index (χ0v) is 13.6. The summed E-state index contributed by atoms with van der Waals surface area (Å²) in [4.78, 5) is 2.26. The molecule has 0 saturated carbocycles. The highest BCUT2D eigenvalue weighted by molar-refractivity contribution is 5.28. The van der Waals surface area contributed by atoms with E-state index in [2.05, 4.69) is 62.0 Å². The van der Waals surface area contributed by atoms with Crippen molar-refractivity contribution < 1.29 is 4.42 Å². The number of rotatable bonds is 3. The van der Waals surface area contributed by atoms with E-state index < -0.39 is 0 Å². The maximum Gasteiger partial charge on any atom is 0.318 e. The van der Waals surface area contributed by atoms with Crippen LogP contribution in [0, 0.1) is 11.8 Å². The molecule has 0 spiro atoms. The van der Waals surface area contributed by atoms with Crippen LogP contribution in [0.15, 0.2) is 4.42 Å². The van der Waals surface area contributed by atoms with Gasteiger partial charge in [0.15, 0.2) is 0 Å². The molecule has 0 amide bonds. The predicted octanol–water partition coefficient (Wildman–Crippen LogP) is 2.83. The summed E-state index contributed by atoms with van der Waals surface area (Å²) in [7, 11) is 0. The summed E-state index contributed by atoms with van der Waals surface area (Å²) in [6.07, 6.45) is 1.27. The number of anilines is 1. The van der Waals surface area contributed by atoms with Gasteiger partial charge in [-0.1, -0.05) is 18.9 Å². The van der Waals surface area contributed by atoms with E-state index in [1.54, 1.807) is 0 Å². The van der Waals surface area contributed by atoms with Gasteiger partial charge in [0.2, 0.25) is 5.89 Å². The molecule has 3 unspecified atom stereocenters. The molecule has 5 nitrogen and oxygen atoms in total. The Kier molecular flexibility index (Phi) is 4.37. The minimum absolute atomic E-state index is 0.0517. The second-order valence-electron chi connectivity index (χ2n) is 7.29. The third-order valence-corrected chi connectivity index (χ3v) is 4.07. The van der Waals surface area contributed by atoms with Gasteiger partial charge in [0, 0.05) is 18.1 Å². The number of hydrogen-bond acceptors (Lipinski definition) is 5. The third-order valence-electron chi connectivity index (χ3n) is 4.07. The van der Waals surface area contributed by atoms with Crippen LogP contribution in [-0.4, -0.2) is 28.3 Å². The Morgan fingerprint density at radius 2 is 1.95 bits per heavy atom. The first-order valence-corrected chi connectivity index (χ1v) is 7.60. The standard InChI is InChI=1S/C15H28N4O/c1-10-7-11(2)12(3)19(9-10)14-18-17-13(20-14)8-16-15(4,5)6/h10-12,16H,7-9H2,1-6H3. The van der Waals surface area contributed by atoms with E-state index in [4.69, 9.17) is 4.42 Å². The fourth-order valence-corrected chi connectivity index (χ4v) is 2.74. The summed E-state index contributed by atoms with van der Waals surface area (Å²) < 4.78 is 5.83. The van der Waals surface area contributed by atoms with Crippen LogP contribution < -0.4 is 10.2 Å². The molecule has 2 rings (SSSR count). The van der Waals surface area contributed by atoms with E-state index in [9.17, 15) is 0 Å². The molecule has 1 fully saturated rings. The fourth-order valence-electron chi connectivity index (χ4n) is 2.74. The summed E-state index contributed by atoms with van der Waals surface area (Å²) in [5.41, 5.74) is 0.0517. The Hall–Kier alpha value is -1.10. The van der Waals surface area contributed by atoms with Crippen molar-refractivity contribution in [1.82, 2.24) is 15.5 Å². The zero-order chi connectivity index (χ0) is 14.9. The van der Waals surface area contributed by atoms with Gasteiger partial charge < -0.3 is 14.6 Å². The SMILES string of the molecule is CC1CC(C)C(C)N(c2nnc(CNC(C)(C)C)o2)C1. The van der Waals surface area contributed by atoms with Crippen molar-refractivity contribution >= 4 is 6.01 Å². The van der Waals surface area contributed by atoms with Crippen molar-refractivity contribution in [2.24, 2.45) is 11.8 Å². The molecular weight excluding hydrogens is 252 g/mol. The van der Waals surface area contributed by atoms with Crippen molar-refractivity contribution in [3.05, 3.63) is 5.89 Å². The van der Waals surface area contributed by atoms with Gasteiger partial charge in [0.25, 0.3) is 0 Å². The number of piperidine rings is 1. The minimum Gasteiger partial charge on any atom is -0.407 e. The first-order valence-electron chi connectivity index (χ1n) is 7.60. The monoisotopic (exact) mass is 280 g/mol. The smallest absolute Gasteiger partial charge is 0.318 e. The lowest BCUT2D eigenvalue weighted by molar-refractivity contribution is 0.280. The van der Waals surface area contributed by atoms with Gasteiger partial charge in [-0.15, -0.1) is 5.10 Å². The van der Waals surface area contributed by atoms with E-state index in [0.29, 0.717) is 36.3 Å². The number of nitrogens with zero attached hydrogens (tertiary/aromatic N) is 3. The largest absolute Gasteiger partial charge is 0.407 e. The Morgan fingerprint density at radius 1 is 1.25 bits per heavy atom. The topological polar surface area (TPSA) is 54.2 Å². The second kappa shape index (κ2) is 5.72. The maximum absolute atomic E-state index is 5.83.